The van der Waals surface area contributed by atoms with Crippen LogP contribution in [0.4, 0.5) is 0 Å². The van der Waals surface area contributed by atoms with Crippen molar-refractivity contribution in [1.29, 1.82) is 0 Å². The SMILES string of the molecule is CC(C)(C)[Si](C)(C)O[C@H]1CCO[C@H](c2ccccc2)[C@H]1[Se]c1ccccc1. The monoisotopic (exact) mass is 448 g/mol. The van der Waals surface area contributed by atoms with Crippen molar-refractivity contribution in [3.8, 4) is 0 Å². The normalized spacial score (nSPS) is 24.0. The van der Waals surface area contributed by atoms with Crippen LogP contribution < -0.4 is 4.46 Å². The average Bonchev–Trinajstić information content (AvgIpc) is 2.63. The molecule has 27 heavy (non-hydrogen) atoms. The van der Waals surface area contributed by atoms with Crippen LogP contribution in [-0.4, -0.2) is 36.0 Å². The van der Waals surface area contributed by atoms with Gasteiger partial charge in [0.25, 0.3) is 0 Å². The van der Waals surface area contributed by atoms with Crippen LogP contribution in [-0.2, 0) is 9.16 Å². The fraction of sp³-hybridized carbons (Fsp3) is 0.478. The van der Waals surface area contributed by atoms with Gasteiger partial charge in [0.2, 0.25) is 0 Å². The van der Waals surface area contributed by atoms with Gasteiger partial charge in [-0.2, -0.15) is 0 Å². The van der Waals surface area contributed by atoms with Gasteiger partial charge in [0.1, 0.15) is 0 Å². The molecule has 146 valence electrons. The van der Waals surface area contributed by atoms with Crippen molar-refractivity contribution in [2.75, 3.05) is 6.61 Å². The van der Waals surface area contributed by atoms with Gasteiger partial charge in [-0.3, -0.25) is 0 Å². The summed E-state index contributed by atoms with van der Waals surface area (Å²) in [6, 6.07) is 21.6. The minimum absolute atomic E-state index is 0.120. The maximum absolute atomic E-state index is 6.95. The molecule has 1 fully saturated rings. The first-order chi connectivity index (χ1) is 12.8. The Kier molecular flexibility index (Phi) is 6.65. The molecule has 0 saturated carbocycles. The fourth-order valence-electron chi connectivity index (χ4n) is 3.17. The third-order valence-electron chi connectivity index (χ3n) is 5.76. The Balaban J connectivity index is 1.90. The quantitative estimate of drug-likeness (QED) is 0.575. The van der Waals surface area contributed by atoms with Gasteiger partial charge in [0.15, 0.2) is 0 Å². The molecule has 2 aromatic carbocycles. The summed E-state index contributed by atoms with van der Waals surface area (Å²) < 4.78 is 14.7. The van der Waals surface area contributed by atoms with Crippen molar-refractivity contribution in [3.63, 3.8) is 0 Å². The third-order valence-corrected chi connectivity index (χ3v) is 13.1. The van der Waals surface area contributed by atoms with E-state index in [1.807, 2.05) is 0 Å². The van der Waals surface area contributed by atoms with Gasteiger partial charge in [0, 0.05) is 0 Å². The molecule has 3 atom stereocenters. The van der Waals surface area contributed by atoms with Gasteiger partial charge in [-0.1, -0.05) is 0 Å². The molecule has 2 nitrogen and oxygen atoms in total. The van der Waals surface area contributed by atoms with E-state index in [2.05, 4.69) is 94.5 Å². The zero-order valence-corrected chi connectivity index (χ0v) is 19.9. The summed E-state index contributed by atoms with van der Waals surface area (Å²) >= 11 is 0.301. The van der Waals surface area contributed by atoms with Crippen LogP contribution in [0.3, 0.4) is 0 Å². The second kappa shape index (κ2) is 8.63. The van der Waals surface area contributed by atoms with Crippen molar-refractivity contribution in [2.45, 2.75) is 62.3 Å². The molecule has 0 aliphatic carbocycles. The Morgan fingerprint density at radius 2 is 1.56 bits per heavy atom. The van der Waals surface area contributed by atoms with E-state index >= 15 is 0 Å². The summed E-state index contributed by atoms with van der Waals surface area (Å²) in [5.74, 6) is 0. The van der Waals surface area contributed by atoms with Crippen LogP contribution in [0, 0.1) is 0 Å². The van der Waals surface area contributed by atoms with Crippen LogP contribution in [0.1, 0.15) is 38.9 Å². The Hall–Kier alpha value is -0.904. The molecule has 2 aromatic rings. The zero-order chi connectivity index (χ0) is 19.5. The van der Waals surface area contributed by atoms with Gasteiger partial charge in [-0.25, -0.2) is 0 Å². The number of benzene rings is 2. The molecule has 4 heteroatoms. The van der Waals surface area contributed by atoms with Crippen molar-refractivity contribution in [2.24, 2.45) is 0 Å². The fourth-order valence-corrected chi connectivity index (χ4v) is 7.56. The number of hydrogen-bond donors (Lipinski definition) is 0. The minimum atomic E-state index is -1.83. The zero-order valence-electron chi connectivity index (χ0n) is 17.1. The van der Waals surface area contributed by atoms with Crippen LogP contribution in [0.5, 0.6) is 0 Å². The molecule has 1 aliphatic rings. The van der Waals surface area contributed by atoms with E-state index in [9.17, 15) is 0 Å². The van der Waals surface area contributed by atoms with Crippen molar-refractivity contribution >= 4 is 27.7 Å². The third kappa shape index (κ3) is 5.13. The summed E-state index contributed by atoms with van der Waals surface area (Å²) in [5, 5.41) is 0.220. The second-order valence-electron chi connectivity index (χ2n) is 8.80. The maximum atomic E-state index is 6.95. The summed E-state index contributed by atoms with van der Waals surface area (Å²) in [5.41, 5.74) is 1.28. The number of hydrogen-bond acceptors (Lipinski definition) is 2. The summed E-state index contributed by atoms with van der Waals surface area (Å²) in [4.78, 5) is 0.394. The number of rotatable bonds is 5. The molecular formula is C23H32O2SeSi. The Morgan fingerprint density at radius 3 is 2.15 bits per heavy atom. The summed E-state index contributed by atoms with van der Waals surface area (Å²) in [6.45, 7) is 12.5. The topological polar surface area (TPSA) is 18.5 Å². The van der Waals surface area contributed by atoms with Gasteiger partial charge in [0.05, 0.1) is 0 Å². The molecule has 1 heterocycles. The Bertz CT molecular complexity index is 712. The molecule has 0 spiro atoms. The first-order valence-electron chi connectivity index (χ1n) is 9.84. The van der Waals surface area contributed by atoms with Crippen LogP contribution in [0.2, 0.25) is 22.9 Å². The van der Waals surface area contributed by atoms with Crippen LogP contribution >= 0.6 is 0 Å². The van der Waals surface area contributed by atoms with Gasteiger partial charge in [-0.05, 0) is 0 Å². The molecule has 1 saturated heterocycles. The number of ether oxygens (including phenoxy) is 1. The Morgan fingerprint density at radius 1 is 0.963 bits per heavy atom. The first kappa shape index (κ1) is 20.8. The van der Waals surface area contributed by atoms with Crippen molar-refractivity contribution in [3.05, 3.63) is 66.2 Å². The summed E-state index contributed by atoms with van der Waals surface area (Å²) in [7, 11) is -1.83. The molecule has 0 amide bonds. The molecule has 0 bridgehead atoms. The van der Waals surface area contributed by atoms with Crippen molar-refractivity contribution < 1.29 is 9.16 Å². The van der Waals surface area contributed by atoms with E-state index < -0.39 is 8.32 Å². The summed E-state index contributed by atoms with van der Waals surface area (Å²) in [6.07, 6.45) is 1.38. The molecule has 0 N–H and O–H groups in total. The first-order valence-corrected chi connectivity index (χ1v) is 14.6. The van der Waals surface area contributed by atoms with E-state index in [1.165, 1.54) is 10.0 Å². The molecular weight excluding hydrogens is 415 g/mol. The van der Waals surface area contributed by atoms with E-state index in [1.54, 1.807) is 0 Å². The molecule has 0 radical (unpaired) electrons. The van der Waals surface area contributed by atoms with Crippen LogP contribution in [0.15, 0.2) is 60.7 Å². The van der Waals surface area contributed by atoms with E-state index in [-0.39, 0.29) is 17.2 Å². The van der Waals surface area contributed by atoms with Crippen molar-refractivity contribution in [1.82, 2.24) is 0 Å². The van der Waals surface area contributed by atoms with Gasteiger partial charge < -0.3 is 0 Å². The predicted octanol–water partition coefficient (Wildman–Crippen LogP) is 5.36. The van der Waals surface area contributed by atoms with E-state index in [0.717, 1.165) is 13.0 Å². The van der Waals surface area contributed by atoms with Gasteiger partial charge >= 0.3 is 172 Å². The standard InChI is InChI=1S/C23H32O2SeSi/c1-23(2,3)27(4,5)25-20-16-17-24-21(18-12-8-6-9-13-18)22(20)26-19-14-10-7-11-15-19/h6-15,20-22H,16-17H2,1-5H3/t20-,21+,22-/m0/s1. The second-order valence-corrected chi connectivity index (χ2v) is 16.2. The molecule has 0 unspecified atom stereocenters. The molecule has 3 rings (SSSR count). The molecule has 1 aliphatic heterocycles. The Labute approximate surface area is 172 Å². The van der Waals surface area contributed by atoms with E-state index in [4.69, 9.17) is 9.16 Å². The van der Waals surface area contributed by atoms with E-state index in [0.29, 0.717) is 19.8 Å². The molecule has 0 aromatic heterocycles. The average molecular weight is 448 g/mol. The van der Waals surface area contributed by atoms with Crippen LogP contribution in [0.25, 0.3) is 0 Å². The van der Waals surface area contributed by atoms with Gasteiger partial charge in [-0.15, -0.1) is 0 Å². The predicted molar refractivity (Wildman–Crippen MR) is 117 cm³/mol.